The average Bonchev–Trinajstić information content (AvgIpc) is 2.87. The number of amides is 2. The third-order valence-corrected chi connectivity index (χ3v) is 5.57. The third kappa shape index (κ3) is 8.05. The number of ether oxygens (including phenoxy) is 2. The Morgan fingerprint density at radius 3 is 2.43 bits per heavy atom. The lowest BCUT2D eigenvalue weighted by Crippen LogP contribution is -2.48. The molecule has 194 valence electrons. The molecule has 7 nitrogen and oxygen atoms in total. The molecule has 0 spiro atoms. The van der Waals surface area contributed by atoms with Gasteiger partial charge in [0.25, 0.3) is 11.8 Å². The molecule has 0 aromatic heterocycles. The van der Waals surface area contributed by atoms with Gasteiger partial charge in [-0.3, -0.25) is 9.59 Å². The Morgan fingerprint density at radius 1 is 1.03 bits per heavy atom. The van der Waals surface area contributed by atoms with Crippen LogP contribution in [-0.2, 0) is 11.4 Å². The second-order valence-corrected chi connectivity index (χ2v) is 8.90. The van der Waals surface area contributed by atoms with Crippen LogP contribution in [0.3, 0.4) is 0 Å². The highest BCUT2D eigenvalue weighted by Gasteiger charge is 2.25. The Bertz CT molecular complexity index is 1250. The summed E-state index contributed by atoms with van der Waals surface area (Å²) in [5.74, 6) is -1.02. The number of nitrogens with one attached hydrogen (secondary N) is 2. The summed E-state index contributed by atoms with van der Waals surface area (Å²) in [5, 5.41) is 7.25. The first-order valence-corrected chi connectivity index (χ1v) is 12.2. The fraction of sp³-hybridized carbons (Fsp3) is 0.250. The van der Waals surface area contributed by atoms with E-state index in [4.69, 9.17) is 21.1 Å². The van der Waals surface area contributed by atoms with E-state index in [0.717, 1.165) is 5.56 Å². The van der Waals surface area contributed by atoms with Crippen molar-refractivity contribution in [2.75, 3.05) is 6.61 Å². The zero-order valence-corrected chi connectivity index (χ0v) is 21.6. The maximum absolute atomic E-state index is 13.9. The normalized spacial score (nSPS) is 11.8. The summed E-state index contributed by atoms with van der Waals surface area (Å²) in [6, 6.07) is 17.3. The van der Waals surface area contributed by atoms with Gasteiger partial charge in [-0.15, -0.1) is 0 Å². The summed E-state index contributed by atoms with van der Waals surface area (Å²) in [5.41, 5.74) is 3.93. The molecule has 3 aromatic rings. The van der Waals surface area contributed by atoms with Crippen molar-refractivity contribution in [2.45, 2.75) is 33.4 Å². The summed E-state index contributed by atoms with van der Waals surface area (Å²) in [7, 11) is 0. The van der Waals surface area contributed by atoms with Crippen LogP contribution >= 0.6 is 11.6 Å². The van der Waals surface area contributed by atoms with Crippen molar-refractivity contribution in [3.8, 4) is 11.5 Å². The molecule has 0 bridgehead atoms. The Labute approximate surface area is 220 Å². The fourth-order valence-corrected chi connectivity index (χ4v) is 3.50. The monoisotopic (exact) mass is 525 g/mol. The van der Waals surface area contributed by atoms with Crippen LogP contribution in [0.2, 0.25) is 5.02 Å². The number of hydrogen-bond donors (Lipinski definition) is 2. The standard InChI is InChI=1S/C28H29ClFN3O4/c1-4-36-25-15-20(11-14-24(25)37-17-19-9-12-21(29)13-10-19)16-31-33-28(35)26(18(2)3)32-27(34)22-7-5-6-8-23(22)30/h5-16,18,26H,4,17H2,1-3H3,(H,32,34)(H,33,35)/b31-16+. The quantitative estimate of drug-likeness (QED) is 0.260. The number of hydrazone groups is 1. The van der Waals surface area contributed by atoms with Crippen LogP contribution in [0.5, 0.6) is 11.5 Å². The number of halogens is 2. The topological polar surface area (TPSA) is 89.0 Å². The van der Waals surface area contributed by atoms with Crippen molar-refractivity contribution in [2.24, 2.45) is 11.0 Å². The van der Waals surface area contributed by atoms with E-state index in [-0.39, 0.29) is 11.5 Å². The Hall–Kier alpha value is -3.91. The summed E-state index contributed by atoms with van der Waals surface area (Å²) in [6.07, 6.45) is 1.46. The van der Waals surface area contributed by atoms with Crippen LogP contribution in [0, 0.1) is 11.7 Å². The largest absolute Gasteiger partial charge is 0.490 e. The Morgan fingerprint density at radius 2 is 1.76 bits per heavy atom. The number of benzene rings is 3. The first-order chi connectivity index (χ1) is 17.8. The van der Waals surface area contributed by atoms with Crippen LogP contribution in [0.15, 0.2) is 71.8 Å². The van der Waals surface area contributed by atoms with Crippen LogP contribution in [-0.4, -0.2) is 30.7 Å². The molecule has 1 unspecified atom stereocenters. The molecule has 0 heterocycles. The van der Waals surface area contributed by atoms with Gasteiger partial charge in [-0.05, 0) is 66.4 Å². The molecule has 0 saturated carbocycles. The lowest BCUT2D eigenvalue weighted by Gasteiger charge is -2.20. The zero-order chi connectivity index (χ0) is 26.8. The molecule has 0 aliphatic carbocycles. The number of rotatable bonds is 11. The minimum atomic E-state index is -0.910. The van der Waals surface area contributed by atoms with Crippen molar-refractivity contribution >= 4 is 29.6 Å². The third-order valence-electron chi connectivity index (χ3n) is 5.32. The van der Waals surface area contributed by atoms with Crippen molar-refractivity contribution in [1.82, 2.24) is 10.7 Å². The molecular weight excluding hydrogens is 497 g/mol. The van der Waals surface area contributed by atoms with E-state index >= 15 is 0 Å². The van der Waals surface area contributed by atoms with Gasteiger partial charge in [0.1, 0.15) is 18.5 Å². The lowest BCUT2D eigenvalue weighted by atomic mass is 10.0. The highest BCUT2D eigenvalue weighted by atomic mass is 35.5. The van der Waals surface area contributed by atoms with E-state index in [1.54, 1.807) is 50.2 Å². The van der Waals surface area contributed by atoms with E-state index in [9.17, 15) is 14.0 Å². The second kappa shape index (κ2) is 13.4. The Balaban J connectivity index is 1.64. The molecule has 0 fully saturated rings. The lowest BCUT2D eigenvalue weighted by molar-refractivity contribution is -0.123. The van der Waals surface area contributed by atoms with Crippen LogP contribution in [0.25, 0.3) is 0 Å². The molecule has 3 rings (SSSR count). The van der Waals surface area contributed by atoms with Gasteiger partial charge in [0.2, 0.25) is 0 Å². The van der Waals surface area contributed by atoms with Gasteiger partial charge in [-0.2, -0.15) is 5.10 Å². The molecule has 0 aliphatic heterocycles. The predicted octanol–water partition coefficient (Wildman–Crippen LogP) is 5.36. The van der Waals surface area contributed by atoms with Crippen LogP contribution < -0.4 is 20.2 Å². The Kier molecular flexibility index (Phi) is 10.0. The average molecular weight is 526 g/mol. The van der Waals surface area contributed by atoms with Crippen LogP contribution in [0.1, 0.15) is 42.3 Å². The molecule has 0 aliphatic rings. The highest BCUT2D eigenvalue weighted by Crippen LogP contribution is 2.29. The molecule has 9 heteroatoms. The van der Waals surface area contributed by atoms with Gasteiger partial charge in [0.15, 0.2) is 11.5 Å². The second-order valence-electron chi connectivity index (χ2n) is 8.46. The van der Waals surface area contributed by atoms with E-state index in [0.29, 0.717) is 35.3 Å². The van der Waals surface area contributed by atoms with Gasteiger partial charge in [-0.25, -0.2) is 9.82 Å². The summed E-state index contributed by atoms with van der Waals surface area (Å²) < 4.78 is 25.5. The highest BCUT2D eigenvalue weighted by molar-refractivity contribution is 6.30. The number of carbonyl (C=O) groups excluding carboxylic acids is 2. The van der Waals surface area contributed by atoms with Gasteiger partial charge in [-0.1, -0.05) is 49.7 Å². The smallest absolute Gasteiger partial charge is 0.262 e. The minimum Gasteiger partial charge on any atom is -0.490 e. The molecule has 3 aromatic carbocycles. The first-order valence-electron chi connectivity index (χ1n) is 11.8. The molecule has 2 amide bonds. The van der Waals surface area contributed by atoms with E-state index in [2.05, 4.69) is 15.8 Å². The maximum atomic E-state index is 13.9. The molecule has 2 N–H and O–H groups in total. The SMILES string of the molecule is CCOc1cc(/C=N/NC(=O)C(NC(=O)c2ccccc2F)C(C)C)ccc1OCc1ccc(Cl)cc1. The summed E-state index contributed by atoms with van der Waals surface area (Å²) >= 11 is 5.93. The molecule has 0 saturated heterocycles. The predicted molar refractivity (Wildman–Crippen MR) is 142 cm³/mol. The molecule has 37 heavy (non-hydrogen) atoms. The summed E-state index contributed by atoms with van der Waals surface area (Å²) in [6.45, 7) is 6.19. The van der Waals surface area contributed by atoms with Crippen molar-refractivity contribution < 1.29 is 23.5 Å². The minimum absolute atomic E-state index is 0.133. The number of carbonyl (C=O) groups is 2. The first kappa shape index (κ1) is 27.7. The molecule has 1 atom stereocenters. The molecule has 0 radical (unpaired) electrons. The maximum Gasteiger partial charge on any atom is 0.262 e. The number of nitrogens with zero attached hydrogens (tertiary/aromatic N) is 1. The zero-order valence-electron chi connectivity index (χ0n) is 20.8. The van der Waals surface area contributed by atoms with Gasteiger partial charge >= 0.3 is 0 Å². The van der Waals surface area contributed by atoms with Gasteiger partial charge in [0.05, 0.1) is 18.4 Å². The number of hydrogen-bond acceptors (Lipinski definition) is 5. The van der Waals surface area contributed by atoms with Gasteiger partial charge in [0, 0.05) is 5.02 Å². The van der Waals surface area contributed by atoms with Crippen molar-refractivity contribution in [3.63, 3.8) is 0 Å². The fourth-order valence-electron chi connectivity index (χ4n) is 3.37. The van der Waals surface area contributed by atoms with E-state index < -0.39 is 23.7 Å². The van der Waals surface area contributed by atoms with E-state index in [1.807, 2.05) is 19.1 Å². The van der Waals surface area contributed by atoms with Gasteiger partial charge < -0.3 is 14.8 Å². The molecular formula is C28H29ClFN3O4. The van der Waals surface area contributed by atoms with Crippen molar-refractivity contribution in [1.29, 1.82) is 0 Å². The van der Waals surface area contributed by atoms with E-state index in [1.165, 1.54) is 24.4 Å². The van der Waals surface area contributed by atoms with Crippen molar-refractivity contribution in [3.05, 3.63) is 94.3 Å². The summed E-state index contributed by atoms with van der Waals surface area (Å²) in [4.78, 5) is 25.2. The van der Waals surface area contributed by atoms with Crippen LogP contribution in [0.4, 0.5) is 4.39 Å².